The molecule has 0 saturated heterocycles. The summed E-state index contributed by atoms with van der Waals surface area (Å²) < 4.78 is 0. The number of benzene rings is 1. The third-order valence-corrected chi connectivity index (χ3v) is 2.10. The molecule has 0 heterocycles. The van der Waals surface area contributed by atoms with Gasteiger partial charge < -0.3 is 10.8 Å². The van der Waals surface area contributed by atoms with Gasteiger partial charge in [0.05, 0.1) is 0 Å². The van der Waals surface area contributed by atoms with E-state index in [1.54, 1.807) is 6.07 Å². The maximum Gasteiger partial charge on any atom is 0.118 e. The van der Waals surface area contributed by atoms with E-state index in [1.165, 1.54) is 0 Å². The van der Waals surface area contributed by atoms with Crippen LogP contribution in [0, 0.1) is 0 Å². The van der Waals surface area contributed by atoms with Crippen molar-refractivity contribution >= 4 is 0 Å². The first-order chi connectivity index (χ1) is 6.20. The molecule has 72 valence electrons. The molecule has 0 amide bonds. The van der Waals surface area contributed by atoms with E-state index in [0.29, 0.717) is 5.75 Å². The molecular formula is C11H17NO. The van der Waals surface area contributed by atoms with Gasteiger partial charge in [-0.15, -0.1) is 0 Å². The smallest absolute Gasteiger partial charge is 0.118 e. The molecule has 1 unspecified atom stereocenters. The van der Waals surface area contributed by atoms with E-state index in [2.05, 4.69) is 0 Å². The second-order valence-electron chi connectivity index (χ2n) is 3.50. The Hall–Kier alpha value is -1.02. The van der Waals surface area contributed by atoms with Gasteiger partial charge in [-0.05, 0) is 37.8 Å². The summed E-state index contributed by atoms with van der Waals surface area (Å²) in [7, 11) is 0. The molecule has 0 aliphatic heterocycles. The van der Waals surface area contributed by atoms with Crippen molar-refractivity contribution in [2.75, 3.05) is 0 Å². The minimum absolute atomic E-state index is 0.255. The lowest BCUT2D eigenvalue weighted by molar-refractivity contribution is 0.465. The predicted molar refractivity (Wildman–Crippen MR) is 54.7 cm³/mol. The van der Waals surface area contributed by atoms with E-state index in [4.69, 9.17) is 5.73 Å². The van der Waals surface area contributed by atoms with Gasteiger partial charge in [-0.25, -0.2) is 0 Å². The monoisotopic (exact) mass is 179 g/mol. The SMILES string of the molecule is CC(N)CCCc1ccccc1O. The van der Waals surface area contributed by atoms with Crippen LogP contribution in [0.15, 0.2) is 24.3 Å². The molecular weight excluding hydrogens is 162 g/mol. The van der Waals surface area contributed by atoms with Crippen LogP contribution in [0.2, 0.25) is 0 Å². The highest BCUT2D eigenvalue weighted by molar-refractivity contribution is 5.31. The van der Waals surface area contributed by atoms with Gasteiger partial charge in [0.2, 0.25) is 0 Å². The van der Waals surface area contributed by atoms with Crippen LogP contribution in [0.5, 0.6) is 5.75 Å². The maximum atomic E-state index is 9.44. The van der Waals surface area contributed by atoms with E-state index in [9.17, 15) is 5.11 Å². The Bertz CT molecular complexity index is 258. The third-order valence-electron chi connectivity index (χ3n) is 2.10. The number of rotatable bonds is 4. The second kappa shape index (κ2) is 4.87. The zero-order chi connectivity index (χ0) is 9.68. The Morgan fingerprint density at radius 2 is 2.08 bits per heavy atom. The fraction of sp³-hybridized carbons (Fsp3) is 0.455. The van der Waals surface area contributed by atoms with Gasteiger partial charge in [-0.2, -0.15) is 0 Å². The molecule has 1 aromatic rings. The molecule has 0 aromatic heterocycles. The van der Waals surface area contributed by atoms with Crippen molar-refractivity contribution in [3.8, 4) is 5.75 Å². The number of hydrogen-bond donors (Lipinski definition) is 2. The topological polar surface area (TPSA) is 46.2 Å². The zero-order valence-corrected chi connectivity index (χ0v) is 8.03. The van der Waals surface area contributed by atoms with Crippen LogP contribution in [0.3, 0.4) is 0 Å². The average molecular weight is 179 g/mol. The predicted octanol–water partition coefficient (Wildman–Crippen LogP) is 2.06. The van der Waals surface area contributed by atoms with Crippen LogP contribution in [0.4, 0.5) is 0 Å². The van der Waals surface area contributed by atoms with Crippen LogP contribution < -0.4 is 5.73 Å². The minimum atomic E-state index is 0.255. The molecule has 3 N–H and O–H groups in total. The van der Waals surface area contributed by atoms with Crippen molar-refractivity contribution in [3.63, 3.8) is 0 Å². The summed E-state index contributed by atoms with van der Waals surface area (Å²) in [5, 5.41) is 9.44. The number of phenolic OH excluding ortho intramolecular Hbond substituents is 1. The Kier molecular flexibility index (Phi) is 3.77. The summed E-state index contributed by atoms with van der Waals surface area (Å²) in [6.07, 6.45) is 2.96. The molecule has 0 fully saturated rings. The lowest BCUT2D eigenvalue weighted by Gasteiger charge is -2.05. The molecule has 0 spiro atoms. The van der Waals surface area contributed by atoms with Crippen molar-refractivity contribution in [2.24, 2.45) is 5.73 Å². The van der Waals surface area contributed by atoms with E-state index < -0.39 is 0 Å². The average Bonchev–Trinajstić information content (AvgIpc) is 2.08. The van der Waals surface area contributed by atoms with E-state index in [0.717, 1.165) is 24.8 Å². The molecule has 1 aromatic carbocycles. The summed E-state index contributed by atoms with van der Waals surface area (Å²) in [6.45, 7) is 2.00. The molecule has 0 aliphatic rings. The Labute approximate surface area is 79.4 Å². The highest BCUT2D eigenvalue weighted by atomic mass is 16.3. The molecule has 0 saturated carbocycles. The molecule has 0 radical (unpaired) electrons. The number of aromatic hydroxyl groups is 1. The lowest BCUT2D eigenvalue weighted by Crippen LogP contribution is -2.14. The van der Waals surface area contributed by atoms with Crippen LogP contribution in [-0.2, 0) is 6.42 Å². The van der Waals surface area contributed by atoms with Gasteiger partial charge in [0.25, 0.3) is 0 Å². The van der Waals surface area contributed by atoms with E-state index in [1.807, 2.05) is 25.1 Å². The van der Waals surface area contributed by atoms with Crippen molar-refractivity contribution in [1.82, 2.24) is 0 Å². The van der Waals surface area contributed by atoms with Crippen molar-refractivity contribution < 1.29 is 5.11 Å². The number of aryl methyl sites for hydroxylation is 1. The van der Waals surface area contributed by atoms with E-state index in [-0.39, 0.29) is 6.04 Å². The normalized spacial score (nSPS) is 12.8. The fourth-order valence-corrected chi connectivity index (χ4v) is 1.34. The highest BCUT2D eigenvalue weighted by Gasteiger charge is 2.00. The van der Waals surface area contributed by atoms with Gasteiger partial charge in [-0.1, -0.05) is 18.2 Å². The number of para-hydroxylation sites is 1. The van der Waals surface area contributed by atoms with Crippen molar-refractivity contribution in [1.29, 1.82) is 0 Å². The summed E-state index contributed by atoms with van der Waals surface area (Å²) >= 11 is 0. The Morgan fingerprint density at radius 1 is 1.38 bits per heavy atom. The number of nitrogens with two attached hydrogens (primary N) is 1. The maximum absolute atomic E-state index is 9.44. The summed E-state index contributed by atoms with van der Waals surface area (Å²) in [6, 6.07) is 7.72. The quantitative estimate of drug-likeness (QED) is 0.743. The molecule has 1 atom stereocenters. The van der Waals surface area contributed by atoms with Gasteiger partial charge in [0, 0.05) is 6.04 Å². The molecule has 0 bridgehead atoms. The van der Waals surface area contributed by atoms with Gasteiger partial charge >= 0.3 is 0 Å². The zero-order valence-electron chi connectivity index (χ0n) is 8.03. The standard InChI is InChI=1S/C11H17NO/c1-9(12)5-4-7-10-6-2-3-8-11(10)13/h2-3,6,8-9,13H,4-5,7,12H2,1H3. The first kappa shape index (κ1) is 10.1. The Balaban J connectivity index is 2.41. The number of phenols is 1. The van der Waals surface area contributed by atoms with Crippen LogP contribution in [0.1, 0.15) is 25.3 Å². The largest absolute Gasteiger partial charge is 0.508 e. The summed E-state index contributed by atoms with van der Waals surface area (Å²) in [5.74, 6) is 0.396. The fourth-order valence-electron chi connectivity index (χ4n) is 1.34. The van der Waals surface area contributed by atoms with Crippen LogP contribution >= 0.6 is 0 Å². The third kappa shape index (κ3) is 3.47. The molecule has 1 rings (SSSR count). The van der Waals surface area contributed by atoms with Crippen molar-refractivity contribution in [3.05, 3.63) is 29.8 Å². The van der Waals surface area contributed by atoms with Crippen molar-refractivity contribution in [2.45, 2.75) is 32.2 Å². The first-order valence-corrected chi connectivity index (χ1v) is 4.72. The van der Waals surface area contributed by atoms with E-state index >= 15 is 0 Å². The number of hydrogen-bond acceptors (Lipinski definition) is 2. The first-order valence-electron chi connectivity index (χ1n) is 4.72. The minimum Gasteiger partial charge on any atom is -0.508 e. The van der Waals surface area contributed by atoms with Gasteiger partial charge in [0.15, 0.2) is 0 Å². The summed E-state index contributed by atoms with van der Waals surface area (Å²) in [4.78, 5) is 0. The molecule has 0 aliphatic carbocycles. The Morgan fingerprint density at radius 3 is 2.69 bits per heavy atom. The second-order valence-corrected chi connectivity index (χ2v) is 3.50. The van der Waals surface area contributed by atoms with Crippen LogP contribution in [0.25, 0.3) is 0 Å². The van der Waals surface area contributed by atoms with Crippen LogP contribution in [-0.4, -0.2) is 11.1 Å². The van der Waals surface area contributed by atoms with Gasteiger partial charge in [-0.3, -0.25) is 0 Å². The summed E-state index contributed by atoms with van der Waals surface area (Å²) in [5.41, 5.74) is 6.65. The molecule has 13 heavy (non-hydrogen) atoms. The molecule has 2 nitrogen and oxygen atoms in total. The highest BCUT2D eigenvalue weighted by Crippen LogP contribution is 2.17. The van der Waals surface area contributed by atoms with Gasteiger partial charge in [0.1, 0.15) is 5.75 Å². The molecule has 2 heteroatoms. The lowest BCUT2D eigenvalue weighted by atomic mass is 10.1.